The molecule has 3 rings (SSSR count). The maximum atomic E-state index is 11.8. The number of nitro benzene ring substituents is 1. The minimum Gasteiger partial charge on any atom is -0.427 e. The second-order valence-corrected chi connectivity index (χ2v) is 5.92. The van der Waals surface area contributed by atoms with Crippen molar-refractivity contribution in [2.45, 2.75) is 12.8 Å². The molecule has 6 nitrogen and oxygen atoms in total. The van der Waals surface area contributed by atoms with Crippen molar-refractivity contribution < 1.29 is 14.5 Å². The Bertz CT molecular complexity index is 825. The summed E-state index contributed by atoms with van der Waals surface area (Å²) in [4.78, 5) is 26.4. The van der Waals surface area contributed by atoms with Crippen molar-refractivity contribution in [3.63, 3.8) is 0 Å². The molecule has 1 aromatic heterocycles. The van der Waals surface area contributed by atoms with Crippen LogP contribution in [0.1, 0.15) is 11.4 Å². The Hall–Kier alpha value is -2.80. The third kappa shape index (κ3) is 3.70. The highest BCUT2D eigenvalue weighted by Gasteiger charge is 2.10. The van der Waals surface area contributed by atoms with Crippen molar-refractivity contribution in [3.8, 4) is 5.75 Å². The average molecular weight is 328 g/mol. The standard InChI is InChI=1S/C16H12N2O4S/c19-16(22-12-7-5-11(6-8-12)18(20)21)10-9-15-17-13-3-1-2-4-14(13)23-15/h1-8H,9-10H2. The Morgan fingerprint density at radius 3 is 2.61 bits per heavy atom. The average Bonchev–Trinajstić information content (AvgIpc) is 2.96. The third-order valence-electron chi connectivity index (χ3n) is 3.16. The van der Waals surface area contributed by atoms with E-state index in [1.807, 2.05) is 24.3 Å². The first-order valence-corrected chi connectivity index (χ1v) is 7.73. The van der Waals surface area contributed by atoms with E-state index in [9.17, 15) is 14.9 Å². The van der Waals surface area contributed by atoms with Crippen LogP contribution in [0.3, 0.4) is 0 Å². The number of aromatic nitrogens is 1. The number of rotatable bonds is 5. The van der Waals surface area contributed by atoms with Crippen LogP contribution < -0.4 is 4.74 Å². The lowest BCUT2D eigenvalue weighted by molar-refractivity contribution is -0.384. The van der Waals surface area contributed by atoms with E-state index in [0.29, 0.717) is 12.2 Å². The molecule has 0 saturated heterocycles. The smallest absolute Gasteiger partial charge is 0.311 e. The van der Waals surface area contributed by atoms with E-state index in [-0.39, 0.29) is 12.1 Å². The molecule has 0 N–H and O–H groups in total. The molecular formula is C16H12N2O4S. The molecule has 0 fully saturated rings. The summed E-state index contributed by atoms with van der Waals surface area (Å²) in [6.07, 6.45) is 0.710. The SMILES string of the molecule is O=C(CCc1nc2ccccc2s1)Oc1ccc([N+](=O)[O-])cc1. The van der Waals surface area contributed by atoms with Gasteiger partial charge in [-0.15, -0.1) is 11.3 Å². The highest BCUT2D eigenvalue weighted by Crippen LogP contribution is 2.23. The molecule has 0 saturated carbocycles. The van der Waals surface area contributed by atoms with E-state index in [4.69, 9.17) is 4.74 Å². The molecule has 7 heteroatoms. The minimum absolute atomic E-state index is 0.0423. The number of para-hydroxylation sites is 1. The largest absolute Gasteiger partial charge is 0.427 e. The summed E-state index contributed by atoms with van der Waals surface area (Å²) in [5, 5.41) is 11.4. The lowest BCUT2D eigenvalue weighted by atomic mass is 10.3. The number of fused-ring (bicyclic) bond motifs is 1. The van der Waals surface area contributed by atoms with E-state index >= 15 is 0 Å². The monoisotopic (exact) mass is 328 g/mol. The first-order chi connectivity index (χ1) is 11.1. The summed E-state index contributed by atoms with van der Waals surface area (Å²) < 4.78 is 6.25. The predicted molar refractivity (Wildman–Crippen MR) is 86.7 cm³/mol. The Kier molecular flexibility index (Phi) is 4.29. The van der Waals surface area contributed by atoms with Gasteiger partial charge in [-0.05, 0) is 24.3 Å². The van der Waals surface area contributed by atoms with Gasteiger partial charge in [-0.2, -0.15) is 0 Å². The molecule has 0 aliphatic carbocycles. The first-order valence-electron chi connectivity index (χ1n) is 6.91. The van der Waals surface area contributed by atoms with E-state index in [2.05, 4.69) is 4.98 Å². The highest BCUT2D eigenvalue weighted by molar-refractivity contribution is 7.18. The van der Waals surface area contributed by atoms with E-state index in [1.165, 1.54) is 24.3 Å². The minimum atomic E-state index is -0.501. The lowest BCUT2D eigenvalue weighted by Crippen LogP contribution is -2.08. The highest BCUT2D eigenvalue weighted by atomic mass is 32.1. The molecule has 0 bridgehead atoms. The van der Waals surface area contributed by atoms with Gasteiger partial charge >= 0.3 is 5.97 Å². The quantitative estimate of drug-likeness (QED) is 0.308. The molecule has 0 spiro atoms. The Morgan fingerprint density at radius 2 is 1.91 bits per heavy atom. The van der Waals surface area contributed by atoms with Gasteiger partial charge in [-0.25, -0.2) is 4.98 Å². The fourth-order valence-electron chi connectivity index (χ4n) is 2.05. The first kappa shape index (κ1) is 15.1. The van der Waals surface area contributed by atoms with Gasteiger partial charge in [0.15, 0.2) is 0 Å². The summed E-state index contributed by atoms with van der Waals surface area (Å²) in [5.74, 6) is -0.0944. The molecule has 23 heavy (non-hydrogen) atoms. The van der Waals surface area contributed by atoms with Crippen LogP contribution in [-0.2, 0) is 11.2 Å². The number of esters is 1. The van der Waals surface area contributed by atoms with Crippen molar-refractivity contribution in [1.82, 2.24) is 4.98 Å². The second kappa shape index (κ2) is 6.53. The molecule has 116 valence electrons. The number of hydrogen-bond acceptors (Lipinski definition) is 6. The van der Waals surface area contributed by atoms with Crippen molar-refractivity contribution in [1.29, 1.82) is 0 Å². The Balaban J connectivity index is 1.57. The van der Waals surface area contributed by atoms with Gasteiger partial charge in [0, 0.05) is 18.6 Å². The summed E-state index contributed by atoms with van der Waals surface area (Å²) in [6.45, 7) is 0. The van der Waals surface area contributed by atoms with Gasteiger partial charge in [0.1, 0.15) is 5.75 Å². The zero-order chi connectivity index (χ0) is 16.2. The topological polar surface area (TPSA) is 82.3 Å². The van der Waals surface area contributed by atoms with E-state index in [0.717, 1.165) is 15.2 Å². The van der Waals surface area contributed by atoms with Crippen molar-refractivity contribution >= 4 is 33.2 Å². The van der Waals surface area contributed by atoms with Gasteiger partial charge in [0.05, 0.1) is 26.6 Å². The zero-order valence-corrected chi connectivity index (χ0v) is 12.8. The number of benzene rings is 2. The Morgan fingerprint density at radius 1 is 1.17 bits per heavy atom. The number of carbonyl (C=O) groups is 1. The van der Waals surface area contributed by atoms with Crippen LogP contribution in [-0.4, -0.2) is 15.9 Å². The van der Waals surface area contributed by atoms with Crippen LogP contribution in [0.5, 0.6) is 5.75 Å². The van der Waals surface area contributed by atoms with Crippen molar-refractivity contribution in [2.75, 3.05) is 0 Å². The van der Waals surface area contributed by atoms with Gasteiger partial charge in [0.2, 0.25) is 0 Å². The maximum Gasteiger partial charge on any atom is 0.311 e. The third-order valence-corrected chi connectivity index (χ3v) is 4.26. The van der Waals surface area contributed by atoms with E-state index in [1.54, 1.807) is 11.3 Å². The van der Waals surface area contributed by atoms with Crippen molar-refractivity contribution in [3.05, 3.63) is 63.7 Å². The van der Waals surface area contributed by atoms with Gasteiger partial charge in [-0.3, -0.25) is 14.9 Å². The van der Waals surface area contributed by atoms with Crippen LogP contribution >= 0.6 is 11.3 Å². The number of hydrogen-bond donors (Lipinski definition) is 0. The fraction of sp³-hybridized carbons (Fsp3) is 0.125. The number of aryl methyl sites for hydroxylation is 1. The zero-order valence-electron chi connectivity index (χ0n) is 12.0. The number of thiazole rings is 1. The molecular weight excluding hydrogens is 316 g/mol. The molecule has 2 aromatic carbocycles. The van der Waals surface area contributed by atoms with Crippen LogP contribution in [0.4, 0.5) is 5.69 Å². The Labute approximate surface area is 135 Å². The summed E-state index contributed by atoms with van der Waals surface area (Å²) in [6, 6.07) is 13.2. The molecule has 0 aliphatic rings. The van der Waals surface area contributed by atoms with Gasteiger partial charge in [0.25, 0.3) is 5.69 Å². The second-order valence-electron chi connectivity index (χ2n) is 4.80. The van der Waals surface area contributed by atoms with Crippen LogP contribution in [0.15, 0.2) is 48.5 Å². The summed E-state index contributed by atoms with van der Waals surface area (Å²) in [7, 11) is 0. The summed E-state index contributed by atoms with van der Waals surface area (Å²) in [5.41, 5.74) is 0.885. The molecule has 1 heterocycles. The molecule has 3 aromatic rings. The predicted octanol–water partition coefficient (Wildman–Crippen LogP) is 3.74. The van der Waals surface area contributed by atoms with Crippen LogP contribution in [0, 0.1) is 10.1 Å². The van der Waals surface area contributed by atoms with Crippen molar-refractivity contribution in [2.24, 2.45) is 0 Å². The van der Waals surface area contributed by atoms with E-state index < -0.39 is 10.9 Å². The number of carbonyl (C=O) groups excluding carboxylic acids is 1. The number of nitrogens with zero attached hydrogens (tertiary/aromatic N) is 2. The molecule has 0 unspecified atom stereocenters. The fourth-order valence-corrected chi connectivity index (χ4v) is 3.02. The summed E-state index contributed by atoms with van der Waals surface area (Å²) >= 11 is 1.56. The molecule has 0 aliphatic heterocycles. The van der Waals surface area contributed by atoms with Crippen LogP contribution in [0.25, 0.3) is 10.2 Å². The van der Waals surface area contributed by atoms with Crippen LogP contribution in [0.2, 0.25) is 0 Å². The molecule has 0 amide bonds. The lowest BCUT2D eigenvalue weighted by Gasteiger charge is -2.02. The normalized spacial score (nSPS) is 10.6. The maximum absolute atomic E-state index is 11.8. The molecule has 0 atom stereocenters. The number of nitro groups is 1. The molecule has 0 radical (unpaired) electrons. The van der Waals surface area contributed by atoms with Gasteiger partial charge in [-0.1, -0.05) is 12.1 Å². The number of non-ortho nitro benzene ring substituents is 1. The number of ether oxygens (including phenoxy) is 1. The van der Waals surface area contributed by atoms with Gasteiger partial charge < -0.3 is 4.74 Å².